The van der Waals surface area contributed by atoms with Crippen molar-refractivity contribution in [3.8, 4) is 0 Å². The number of ether oxygens (including phenoxy) is 2. The highest BCUT2D eigenvalue weighted by atomic mass is 16.7. The van der Waals surface area contributed by atoms with Crippen LogP contribution in [0.25, 0.3) is 0 Å². The molecule has 0 saturated heterocycles. The summed E-state index contributed by atoms with van der Waals surface area (Å²) < 4.78 is 10.8. The Hall–Kier alpha value is -0.930. The summed E-state index contributed by atoms with van der Waals surface area (Å²) in [6.45, 7) is 0. The Balaban J connectivity index is 2.47. The summed E-state index contributed by atoms with van der Waals surface area (Å²) in [5, 5.41) is 0. The van der Waals surface area contributed by atoms with E-state index in [0.29, 0.717) is 0 Å². The second-order valence-electron chi connectivity index (χ2n) is 3.16. The Kier molecular flexibility index (Phi) is 2.06. The van der Waals surface area contributed by atoms with Crippen LogP contribution in [-0.2, 0) is 21.7 Å². The largest absolute Gasteiger partial charge is 0.349 e. The summed E-state index contributed by atoms with van der Waals surface area (Å²) in [5.74, 6) is -0.552. The lowest BCUT2D eigenvalue weighted by atomic mass is 10.1. The molecule has 1 aromatic rings. The van der Waals surface area contributed by atoms with Gasteiger partial charge in [0, 0.05) is 38.1 Å². The van der Waals surface area contributed by atoms with E-state index in [2.05, 4.69) is 4.98 Å². The first kappa shape index (κ1) is 8.66. The van der Waals surface area contributed by atoms with Crippen molar-refractivity contribution in [2.24, 2.45) is 0 Å². The van der Waals surface area contributed by atoms with E-state index in [1.807, 2.05) is 12.1 Å². The van der Waals surface area contributed by atoms with Gasteiger partial charge in [-0.1, -0.05) is 6.07 Å². The van der Waals surface area contributed by atoms with Crippen molar-refractivity contribution in [2.75, 3.05) is 14.2 Å². The first-order valence-electron chi connectivity index (χ1n) is 4.37. The lowest BCUT2D eigenvalue weighted by Crippen LogP contribution is -2.27. The Morgan fingerprint density at radius 3 is 2.85 bits per heavy atom. The first-order chi connectivity index (χ1) is 6.32. The van der Waals surface area contributed by atoms with Gasteiger partial charge in [-0.3, -0.25) is 4.98 Å². The summed E-state index contributed by atoms with van der Waals surface area (Å²) in [5.41, 5.74) is 2.16. The molecule has 13 heavy (non-hydrogen) atoms. The number of aryl methyl sites for hydroxylation is 1. The van der Waals surface area contributed by atoms with Crippen LogP contribution in [0.2, 0.25) is 0 Å². The summed E-state index contributed by atoms with van der Waals surface area (Å²) >= 11 is 0. The molecule has 1 aliphatic rings. The topological polar surface area (TPSA) is 31.4 Å². The van der Waals surface area contributed by atoms with Crippen molar-refractivity contribution in [3.63, 3.8) is 0 Å². The van der Waals surface area contributed by atoms with Crippen molar-refractivity contribution < 1.29 is 9.47 Å². The molecule has 0 bridgehead atoms. The summed E-state index contributed by atoms with van der Waals surface area (Å²) in [6, 6.07) is 3.93. The van der Waals surface area contributed by atoms with Crippen molar-refractivity contribution >= 4 is 0 Å². The van der Waals surface area contributed by atoms with E-state index < -0.39 is 5.79 Å². The third-order valence-corrected chi connectivity index (χ3v) is 2.65. The molecule has 0 fully saturated rings. The van der Waals surface area contributed by atoms with Crippen LogP contribution in [0.3, 0.4) is 0 Å². The normalized spacial score (nSPS) is 18.6. The predicted molar refractivity (Wildman–Crippen MR) is 48.3 cm³/mol. The van der Waals surface area contributed by atoms with E-state index in [1.165, 1.54) is 0 Å². The monoisotopic (exact) mass is 179 g/mol. The predicted octanol–water partition coefficient (Wildman–Crippen LogP) is 1.47. The maximum Gasteiger partial charge on any atom is 0.196 e. The third kappa shape index (κ3) is 1.16. The van der Waals surface area contributed by atoms with Gasteiger partial charge >= 0.3 is 0 Å². The molecule has 0 atom stereocenters. The van der Waals surface area contributed by atoms with Gasteiger partial charge in [0.2, 0.25) is 0 Å². The van der Waals surface area contributed by atoms with Crippen LogP contribution in [0.15, 0.2) is 18.3 Å². The first-order valence-corrected chi connectivity index (χ1v) is 4.37. The van der Waals surface area contributed by atoms with E-state index in [4.69, 9.17) is 9.47 Å². The molecule has 70 valence electrons. The SMILES string of the molecule is COC1(OC)CCc2ncccc21. The van der Waals surface area contributed by atoms with Gasteiger partial charge in [-0.05, 0) is 12.5 Å². The van der Waals surface area contributed by atoms with Crippen molar-refractivity contribution in [3.05, 3.63) is 29.6 Å². The molecule has 0 N–H and O–H groups in total. The van der Waals surface area contributed by atoms with Crippen LogP contribution in [0.5, 0.6) is 0 Å². The molecular weight excluding hydrogens is 166 g/mol. The highest BCUT2D eigenvalue weighted by molar-refractivity contribution is 5.30. The van der Waals surface area contributed by atoms with Crippen LogP contribution in [0.1, 0.15) is 17.7 Å². The Bertz CT molecular complexity index is 308. The molecule has 0 amide bonds. The van der Waals surface area contributed by atoms with E-state index >= 15 is 0 Å². The van der Waals surface area contributed by atoms with Crippen molar-refractivity contribution in [1.82, 2.24) is 4.98 Å². The zero-order valence-corrected chi connectivity index (χ0v) is 7.91. The van der Waals surface area contributed by atoms with Gasteiger partial charge in [0.25, 0.3) is 0 Å². The van der Waals surface area contributed by atoms with E-state index in [9.17, 15) is 0 Å². The quantitative estimate of drug-likeness (QED) is 0.644. The van der Waals surface area contributed by atoms with Gasteiger partial charge in [0.15, 0.2) is 5.79 Å². The maximum absolute atomic E-state index is 5.41. The fourth-order valence-corrected chi connectivity index (χ4v) is 1.91. The molecule has 1 aromatic heterocycles. The Morgan fingerprint density at radius 2 is 2.15 bits per heavy atom. The van der Waals surface area contributed by atoms with Gasteiger partial charge in [-0.15, -0.1) is 0 Å². The second kappa shape index (κ2) is 3.09. The lowest BCUT2D eigenvalue weighted by molar-refractivity contribution is -0.213. The molecule has 0 aliphatic heterocycles. The van der Waals surface area contributed by atoms with Crippen LogP contribution < -0.4 is 0 Å². The van der Waals surface area contributed by atoms with Gasteiger partial charge < -0.3 is 9.47 Å². The lowest BCUT2D eigenvalue weighted by Gasteiger charge is -2.26. The van der Waals surface area contributed by atoms with Crippen LogP contribution in [0.4, 0.5) is 0 Å². The zero-order valence-electron chi connectivity index (χ0n) is 7.91. The number of pyridine rings is 1. The molecule has 3 nitrogen and oxygen atoms in total. The highest BCUT2D eigenvalue weighted by Gasteiger charge is 2.39. The number of nitrogens with zero attached hydrogens (tertiary/aromatic N) is 1. The van der Waals surface area contributed by atoms with Crippen LogP contribution in [0, 0.1) is 0 Å². The Labute approximate surface area is 77.7 Å². The van der Waals surface area contributed by atoms with Gasteiger partial charge in [-0.2, -0.15) is 0 Å². The summed E-state index contributed by atoms with van der Waals surface area (Å²) in [4.78, 5) is 4.29. The molecule has 0 radical (unpaired) electrons. The van der Waals surface area contributed by atoms with Crippen LogP contribution in [-0.4, -0.2) is 19.2 Å². The minimum Gasteiger partial charge on any atom is -0.349 e. The summed E-state index contributed by atoms with van der Waals surface area (Å²) in [7, 11) is 3.34. The number of hydrogen-bond acceptors (Lipinski definition) is 3. The average molecular weight is 179 g/mol. The molecule has 0 saturated carbocycles. The number of aromatic nitrogens is 1. The van der Waals surface area contributed by atoms with Gasteiger partial charge in [0.1, 0.15) is 0 Å². The molecule has 2 rings (SSSR count). The standard InChI is InChI=1S/C10H13NO2/c1-12-10(13-2)6-5-9-8(10)4-3-7-11-9/h3-4,7H,5-6H2,1-2H3. The molecule has 0 aromatic carbocycles. The molecule has 0 unspecified atom stereocenters. The fourth-order valence-electron chi connectivity index (χ4n) is 1.91. The average Bonchev–Trinajstić information content (AvgIpc) is 2.58. The fraction of sp³-hybridized carbons (Fsp3) is 0.500. The third-order valence-electron chi connectivity index (χ3n) is 2.65. The zero-order chi connectivity index (χ0) is 9.31. The smallest absolute Gasteiger partial charge is 0.196 e. The van der Waals surface area contributed by atoms with E-state index in [0.717, 1.165) is 24.1 Å². The number of rotatable bonds is 2. The number of methoxy groups -OCH3 is 2. The molecular formula is C10H13NO2. The Morgan fingerprint density at radius 1 is 1.38 bits per heavy atom. The molecule has 1 aliphatic carbocycles. The molecule has 0 spiro atoms. The minimum absolute atomic E-state index is 0.552. The molecule has 3 heteroatoms. The number of hydrogen-bond donors (Lipinski definition) is 0. The summed E-state index contributed by atoms with van der Waals surface area (Å²) in [6.07, 6.45) is 3.59. The van der Waals surface area contributed by atoms with Crippen LogP contribution >= 0.6 is 0 Å². The minimum atomic E-state index is -0.552. The maximum atomic E-state index is 5.41. The van der Waals surface area contributed by atoms with E-state index in [1.54, 1.807) is 20.4 Å². The molecule has 1 heterocycles. The number of fused-ring (bicyclic) bond motifs is 1. The van der Waals surface area contributed by atoms with Gasteiger partial charge in [-0.25, -0.2) is 0 Å². The highest BCUT2D eigenvalue weighted by Crippen LogP contribution is 2.38. The van der Waals surface area contributed by atoms with Gasteiger partial charge in [0.05, 0.1) is 0 Å². The van der Waals surface area contributed by atoms with E-state index in [-0.39, 0.29) is 0 Å². The van der Waals surface area contributed by atoms with Crippen molar-refractivity contribution in [1.29, 1.82) is 0 Å². The van der Waals surface area contributed by atoms with Crippen molar-refractivity contribution in [2.45, 2.75) is 18.6 Å². The second-order valence-corrected chi connectivity index (χ2v) is 3.16.